The molecule has 2 rings (SSSR count). The molecule has 0 saturated carbocycles. The Morgan fingerprint density at radius 1 is 1.17 bits per heavy atom. The van der Waals surface area contributed by atoms with Crippen LogP contribution in [-0.2, 0) is 5.88 Å². The van der Waals surface area contributed by atoms with Gasteiger partial charge in [-0.25, -0.2) is 4.98 Å². The summed E-state index contributed by atoms with van der Waals surface area (Å²) in [5.41, 5.74) is 0.601. The van der Waals surface area contributed by atoms with Gasteiger partial charge in [-0.05, 0) is 40.2 Å². The van der Waals surface area contributed by atoms with E-state index in [-0.39, 0.29) is 5.88 Å². The van der Waals surface area contributed by atoms with Crippen LogP contribution >= 0.6 is 55.1 Å². The van der Waals surface area contributed by atoms with Crippen LogP contribution in [-0.4, -0.2) is 4.98 Å². The number of rotatable bonds is 3. The third-order valence-corrected chi connectivity index (χ3v) is 3.84. The van der Waals surface area contributed by atoms with Gasteiger partial charge in [-0.15, -0.1) is 11.6 Å². The quantitative estimate of drug-likeness (QED) is 0.596. The van der Waals surface area contributed by atoms with Crippen molar-refractivity contribution < 1.29 is 4.74 Å². The first-order valence-electron chi connectivity index (χ1n) is 4.94. The molecule has 94 valence electrons. The molecule has 0 radical (unpaired) electrons. The van der Waals surface area contributed by atoms with Crippen molar-refractivity contribution in [3.05, 3.63) is 50.0 Å². The minimum atomic E-state index is 0.248. The van der Waals surface area contributed by atoms with Crippen molar-refractivity contribution in [3.63, 3.8) is 0 Å². The van der Waals surface area contributed by atoms with Crippen LogP contribution in [0.2, 0.25) is 5.02 Å². The number of halogens is 4. The van der Waals surface area contributed by atoms with Crippen LogP contribution < -0.4 is 4.74 Å². The molecule has 1 aromatic heterocycles. The van der Waals surface area contributed by atoms with Crippen LogP contribution in [0.25, 0.3) is 0 Å². The van der Waals surface area contributed by atoms with Crippen LogP contribution in [0.1, 0.15) is 5.69 Å². The molecule has 0 bridgehead atoms. The van der Waals surface area contributed by atoms with Crippen molar-refractivity contribution in [2.45, 2.75) is 5.88 Å². The minimum Gasteiger partial charge on any atom is -0.438 e. The van der Waals surface area contributed by atoms with E-state index in [2.05, 4.69) is 36.8 Å². The SMILES string of the molecule is ClCc1nc(Oc2ccc(Br)cc2Br)ccc1Cl. The first-order chi connectivity index (χ1) is 8.60. The van der Waals surface area contributed by atoms with Crippen LogP contribution in [0.3, 0.4) is 0 Å². The lowest BCUT2D eigenvalue weighted by Gasteiger charge is -2.08. The summed E-state index contributed by atoms with van der Waals surface area (Å²) >= 11 is 18.5. The van der Waals surface area contributed by atoms with Crippen LogP contribution in [0.5, 0.6) is 11.6 Å². The van der Waals surface area contributed by atoms with Crippen LogP contribution in [0, 0.1) is 0 Å². The molecule has 0 fully saturated rings. The molecular formula is C12H7Br2Cl2NO. The highest BCUT2D eigenvalue weighted by Crippen LogP contribution is 2.32. The Bertz CT molecular complexity index is 578. The largest absolute Gasteiger partial charge is 0.438 e. The highest BCUT2D eigenvalue weighted by atomic mass is 79.9. The van der Waals surface area contributed by atoms with E-state index in [0.717, 1.165) is 8.95 Å². The minimum absolute atomic E-state index is 0.248. The molecular weight excluding hydrogens is 405 g/mol. The molecule has 6 heteroatoms. The summed E-state index contributed by atoms with van der Waals surface area (Å²) in [6.45, 7) is 0. The van der Waals surface area contributed by atoms with E-state index in [0.29, 0.717) is 22.3 Å². The van der Waals surface area contributed by atoms with Gasteiger partial charge in [-0.3, -0.25) is 0 Å². The maximum absolute atomic E-state index is 5.93. The molecule has 2 aromatic rings. The number of pyridine rings is 1. The summed E-state index contributed by atoms with van der Waals surface area (Å²) in [4.78, 5) is 4.23. The molecule has 0 aliphatic carbocycles. The second kappa shape index (κ2) is 6.24. The van der Waals surface area contributed by atoms with Gasteiger partial charge in [0.25, 0.3) is 0 Å². The van der Waals surface area contributed by atoms with E-state index < -0.39 is 0 Å². The van der Waals surface area contributed by atoms with Crippen molar-refractivity contribution in [2.75, 3.05) is 0 Å². The average Bonchev–Trinajstić information content (AvgIpc) is 2.35. The number of aromatic nitrogens is 1. The Morgan fingerprint density at radius 3 is 2.61 bits per heavy atom. The lowest BCUT2D eigenvalue weighted by Crippen LogP contribution is -1.93. The zero-order chi connectivity index (χ0) is 13.1. The molecule has 0 amide bonds. The Balaban J connectivity index is 2.28. The predicted octanol–water partition coefficient (Wildman–Crippen LogP) is 5.79. The van der Waals surface area contributed by atoms with E-state index in [9.17, 15) is 0 Å². The summed E-state index contributed by atoms with van der Waals surface area (Å²) in [6.07, 6.45) is 0. The van der Waals surface area contributed by atoms with Gasteiger partial charge in [0.15, 0.2) is 0 Å². The fraction of sp³-hybridized carbons (Fsp3) is 0.0833. The van der Waals surface area contributed by atoms with Gasteiger partial charge in [0.05, 0.1) is 21.1 Å². The van der Waals surface area contributed by atoms with Gasteiger partial charge < -0.3 is 4.74 Å². The number of alkyl halides is 1. The van der Waals surface area contributed by atoms with E-state index in [4.69, 9.17) is 27.9 Å². The number of benzene rings is 1. The molecule has 0 N–H and O–H groups in total. The molecule has 2 nitrogen and oxygen atoms in total. The first-order valence-corrected chi connectivity index (χ1v) is 7.44. The van der Waals surface area contributed by atoms with Crippen molar-refractivity contribution in [1.82, 2.24) is 4.98 Å². The van der Waals surface area contributed by atoms with E-state index in [1.54, 1.807) is 12.1 Å². The number of nitrogens with zero attached hydrogens (tertiary/aromatic N) is 1. The van der Waals surface area contributed by atoms with Gasteiger partial charge in [-0.1, -0.05) is 27.5 Å². The van der Waals surface area contributed by atoms with E-state index in [1.807, 2.05) is 18.2 Å². The van der Waals surface area contributed by atoms with Gasteiger partial charge in [0.2, 0.25) is 5.88 Å². The number of hydrogen-bond donors (Lipinski definition) is 0. The molecule has 0 aliphatic heterocycles. The van der Waals surface area contributed by atoms with Gasteiger partial charge in [0.1, 0.15) is 5.75 Å². The molecule has 0 atom stereocenters. The maximum Gasteiger partial charge on any atom is 0.219 e. The first kappa shape index (κ1) is 14.1. The second-order valence-corrected chi connectivity index (χ2v) is 5.83. The zero-order valence-corrected chi connectivity index (χ0v) is 13.6. The van der Waals surface area contributed by atoms with Crippen molar-refractivity contribution in [1.29, 1.82) is 0 Å². The standard InChI is InChI=1S/C12H7Br2Cl2NO/c13-7-1-3-11(8(14)5-7)18-12-4-2-9(16)10(6-15)17-12/h1-5H,6H2. The molecule has 1 heterocycles. The number of hydrogen-bond acceptors (Lipinski definition) is 2. The Labute approximate surface area is 132 Å². The lowest BCUT2D eigenvalue weighted by atomic mass is 10.3. The highest BCUT2D eigenvalue weighted by molar-refractivity contribution is 9.11. The summed E-state index contributed by atoms with van der Waals surface area (Å²) < 4.78 is 7.46. The average molecular weight is 412 g/mol. The number of ether oxygens (including phenoxy) is 1. The molecule has 0 spiro atoms. The van der Waals surface area contributed by atoms with Crippen molar-refractivity contribution >= 4 is 55.1 Å². The molecule has 0 saturated heterocycles. The summed E-state index contributed by atoms with van der Waals surface area (Å²) in [6, 6.07) is 9.04. The zero-order valence-electron chi connectivity index (χ0n) is 8.96. The third kappa shape index (κ3) is 3.38. The fourth-order valence-corrected chi connectivity index (χ4v) is 2.86. The van der Waals surface area contributed by atoms with Crippen LogP contribution in [0.15, 0.2) is 39.3 Å². The maximum atomic E-state index is 5.93. The fourth-order valence-electron chi connectivity index (χ4n) is 1.29. The van der Waals surface area contributed by atoms with Gasteiger partial charge in [-0.2, -0.15) is 0 Å². The van der Waals surface area contributed by atoms with Crippen molar-refractivity contribution in [3.8, 4) is 11.6 Å². The van der Waals surface area contributed by atoms with Gasteiger partial charge >= 0.3 is 0 Å². The summed E-state index contributed by atoms with van der Waals surface area (Å²) in [5, 5.41) is 0.534. The molecule has 1 aromatic carbocycles. The third-order valence-electron chi connectivity index (χ3n) is 2.13. The normalized spacial score (nSPS) is 10.4. The summed E-state index contributed by atoms with van der Waals surface area (Å²) in [7, 11) is 0. The molecule has 0 unspecified atom stereocenters. The van der Waals surface area contributed by atoms with E-state index >= 15 is 0 Å². The lowest BCUT2D eigenvalue weighted by molar-refractivity contribution is 0.458. The summed E-state index contributed by atoms with van der Waals surface area (Å²) in [5.74, 6) is 1.38. The second-order valence-electron chi connectivity index (χ2n) is 3.39. The topological polar surface area (TPSA) is 22.1 Å². The van der Waals surface area contributed by atoms with Gasteiger partial charge in [0, 0.05) is 10.5 Å². The monoisotopic (exact) mass is 409 g/mol. The Kier molecular flexibility index (Phi) is 4.90. The molecule has 18 heavy (non-hydrogen) atoms. The highest BCUT2D eigenvalue weighted by Gasteiger charge is 2.07. The smallest absolute Gasteiger partial charge is 0.219 e. The Morgan fingerprint density at radius 2 is 1.94 bits per heavy atom. The van der Waals surface area contributed by atoms with E-state index in [1.165, 1.54) is 0 Å². The predicted molar refractivity (Wildman–Crippen MR) is 80.7 cm³/mol. The van der Waals surface area contributed by atoms with Crippen LogP contribution in [0.4, 0.5) is 0 Å². The molecule has 0 aliphatic rings. The Hall–Kier alpha value is -0.290. The van der Waals surface area contributed by atoms with Crippen molar-refractivity contribution in [2.24, 2.45) is 0 Å².